The maximum absolute atomic E-state index is 12.7. The van der Waals surface area contributed by atoms with Crippen LogP contribution in [0.2, 0.25) is 5.02 Å². The minimum atomic E-state index is 0.00595. The second kappa shape index (κ2) is 7.21. The van der Waals surface area contributed by atoms with Crippen LogP contribution in [0, 0.1) is 23.7 Å². The van der Waals surface area contributed by atoms with Gasteiger partial charge in [-0.2, -0.15) is 0 Å². The van der Waals surface area contributed by atoms with Crippen LogP contribution >= 0.6 is 11.6 Å². The molecule has 0 spiro atoms. The standard InChI is InChI=1S/C22H24ClNO/c23-20-10-3-4-11-21(20)24-22(25)17-12-13-19-16(14-17)8-5-7-15-6-1-2-9-18(15)19/h1-4,6,9-11,14-16,18-19H,5,7-8,12-13H2,(H,24,25). The van der Waals surface area contributed by atoms with Crippen LogP contribution in [0.25, 0.3) is 0 Å². The summed E-state index contributed by atoms with van der Waals surface area (Å²) in [5, 5.41) is 3.57. The van der Waals surface area contributed by atoms with Crippen molar-refractivity contribution in [2.45, 2.75) is 32.1 Å². The molecule has 3 aliphatic rings. The summed E-state index contributed by atoms with van der Waals surface area (Å²) >= 11 is 6.17. The molecule has 3 heteroatoms. The highest BCUT2D eigenvalue weighted by Gasteiger charge is 2.37. The molecule has 1 fully saturated rings. The van der Waals surface area contributed by atoms with Gasteiger partial charge >= 0.3 is 0 Å². The number of carbonyl (C=O) groups excluding carboxylic acids is 1. The SMILES string of the molecule is O=C(Nc1ccccc1Cl)C1=CC2CCCC3C=CC=CC3C2CC1. The molecular weight excluding hydrogens is 330 g/mol. The number of allylic oxidation sites excluding steroid dienone is 5. The third kappa shape index (κ3) is 3.46. The molecule has 0 radical (unpaired) electrons. The van der Waals surface area contributed by atoms with Crippen LogP contribution in [-0.2, 0) is 4.79 Å². The number of rotatable bonds is 2. The second-order valence-electron chi connectivity index (χ2n) is 7.43. The van der Waals surface area contributed by atoms with Gasteiger partial charge in [-0.3, -0.25) is 4.79 Å². The Hall–Kier alpha value is -1.80. The molecule has 4 unspecified atom stereocenters. The third-order valence-corrected chi connectivity index (χ3v) is 6.32. The van der Waals surface area contributed by atoms with E-state index < -0.39 is 0 Å². The second-order valence-corrected chi connectivity index (χ2v) is 7.84. The normalized spacial score (nSPS) is 30.7. The Bertz CT molecular complexity index is 748. The van der Waals surface area contributed by atoms with Gasteiger partial charge < -0.3 is 5.32 Å². The lowest BCUT2D eigenvalue weighted by Gasteiger charge is -2.36. The van der Waals surface area contributed by atoms with Crippen LogP contribution in [0.1, 0.15) is 32.1 Å². The van der Waals surface area contributed by atoms with E-state index in [1.165, 1.54) is 19.3 Å². The Balaban J connectivity index is 1.51. The maximum Gasteiger partial charge on any atom is 0.251 e. The molecule has 1 aromatic carbocycles. The number of hydrogen-bond acceptors (Lipinski definition) is 1. The largest absolute Gasteiger partial charge is 0.321 e. The maximum atomic E-state index is 12.7. The lowest BCUT2D eigenvalue weighted by atomic mass is 9.69. The van der Waals surface area contributed by atoms with Crippen LogP contribution in [-0.4, -0.2) is 5.91 Å². The van der Waals surface area contributed by atoms with Crippen molar-refractivity contribution in [1.29, 1.82) is 0 Å². The smallest absolute Gasteiger partial charge is 0.251 e. The monoisotopic (exact) mass is 353 g/mol. The predicted molar refractivity (Wildman–Crippen MR) is 103 cm³/mol. The summed E-state index contributed by atoms with van der Waals surface area (Å²) in [4.78, 5) is 12.7. The van der Waals surface area contributed by atoms with Gasteiger partial charge in [0.2, 0.25) is 0 Å². The first-order valence-corrected chi connectivity index (χ1v) is 9.72. The summed E-state index contributed by atoms with van der Waals surface area (Å²) < 4.78 is 0. The van der Waals surface area contributed by atoms with Crippen molar-refractivity contribution < 1.29 is 4.79 Å². The number of hydrogen-bond donors (Lipinski definition) is 1. The number of benzene rings is 1. The van der Waals surface area contributed by atoms with Gasteiger partial charge in [0.05, 0.1) is 10.7 Å². The van der Waals surface area contributed by atoms with Crippen LogP contribution in [0.5, 0.6) is 0 Å². The van der Waals surface area contributed by atoms with Crippen molar-refractivity contribution in [2.24, 2.45) is 23.7 Å². The highest BCUT2D eigenvalue weighted by molar-refractivity contribution is 6.33. The van der Waals surface area contributed by atoms with E-state index in [4.69, 9.17) is 11.6 Å². The minimum Gasteiger partial charge on any atom is -0.321 e. The molecule has 4 rings (SSSR count). The Labute approximate surface area is 154 Å². The van der Waals surface area contributed by atoms with Crippen LogP contribution in [0.4, 0.5) is 5.69 Å². The first-order chi connectivity index (χ1) is 12.2. The highest BCUT2D eigenvalue weighted by Crippen LogP contribution is 2.45. The molecule has 0 saturated heterocycles. The van der Waals surface area contributed by atoms with E-state index in [2.05, 4.69) is 35.7 Å². The van der Waals surface area contributed by atoms with Gasteiger partial charge in [0.1, 0.15) is 0 Å². The number of amides is 1. The van der Waals surface area contributed by atoms with Crippen molar-refractivity contribution in [3.8, 4) is 0 Å². The molecule has 0 heterocycles. The number of fused-ring (bicyclic) bond motifs is 3. The molecule has 1 aromatic rings. The summed E-state index contributed by atoms with van der Waals surface area (Å²) in [5.41, 5.74) is 1.62. The first-order valence-electron chi connectivity index (χ1n) is 9.34. The van der Waals surface area contributed by atoms with E-state index in [1.54, 1.807) is 6.07 Å². The summed E-state index contributed by atoms with van der Waals surface area (Å²) in [6.07, 6.45) is 17.1. The Morgan fingerprint density at radius 3 is 2.72 bits per heavy atom. The molecule has 0 bridgehead atoms. The fraction of sp³-hybridized carbons (Fsp3) is 0.409. The van der Waals surface area contributed by atoms with Crippen molar-refractivity contribution in [1.82, 2.24) is 0 Å². The molecule has 130 valence electrons. The molecule has 1 N–H and O–H groups in total. The average molecular weight is 354 g/mol. The lowest BCUT2D eigenvalue weighted by molar-refractivity contribution is -0.113. The minimum absolute atomic E-state index is 0.00595. The quantitative estimate of drug-likeness (QED) is 0.718. The lowest BCUT2D eigenvalue weighted by Crippen LogP contribution is -2.29. The number of nitrogens with one attached hydrogen (secondary N) is 1. The molecule has 0 aromatic heterocycles. The van der Waals surface area contributed by atoms with Crippen molar-refractivity contribution in [3.63, 3.8) is 0 Å². The molecule has 4 atom stereocenters. The zero-order valence-corrected chi connectivity index (χ0v) is 15.1. The van der Waals surface area contributed by atoms with Crippen molar-refractivity contribution in [3.05, 3.63) is 65.2 Å². The van der Waals surface area contributed by atoms with E-state index in [9.17, 15) is 4.79 Å². The Morgan fingerprint density at radius 2 is 1.84 bits per heavy atom. The van der Waals surface area contributed by atoms with Gasteiger partial charge in [-0.1, -0.05) is 60.5 Å². The Kier molecular flexibility index (Phi) is 4.80. The zero-order chi connectivity index (χ0) is 17.2. The van der Waals surface area contributed by atoms with Gasteiger partial charge in [0, 0.05) is 5.57 Å². The Morgan fingerprint density at radius 1 is 1.04 bits per heavy atom. The third-order valence-electron chi connectivity index (χ3n) is 5.99. The molecular formula is C22H24ClNO. The topological polar surface area (TPSA) is 29.1 Å². The number of halogens is 1. The van der Waals surface area contributed by atoms with Crippen LogP contribution in [0.15, 0.2) is 60.2 Å². The molecule has 0 aliphatic heterocycles. The molecule has 3 aliphatic carbocycles. The van der Waals surface area contributed by atoms with Gasteiger partial charge in [0.25, 0.3) is 5.91 Å². The number of para-hydroxylation sites is 1. The van der Waals surface area contributed by atoms with E-state index in [-0.39, 0.29) is 5.91 Å². The van der Waals surface area contributed by atoms with E-state index in [0.29, 0.717) is 34.4 Å². The van der Waals surface area contributed by atoms with Crippen LogP contribution < -0.4 is 5.32 Å². The molecule has 1 saturated carbocycles. The fourth-order valence-electron chi connectivity index (χ4n) is 4.74. The van der Waals surface area contributed by atoms with E-state index in [1.807, 2.05) is 18.2 Å². The zero-order valence-electron chi connectivity index (χ0n) is 14.3. The first kappa shape index (κ1) is 16.7. The van der Waals surface area contributed by atoms with Gasteiger partial charge in [-0.15, -0.1) is 0 Å². The van der Waals surface area contributed by atoms with E-state index >= 15 is 0 Å². The predicted octanol–water partition coefficient (Wildman–Crippen LogP) is 5.77. The van der Waals surface area contributed by atoms with Gasteiger partial charge in [-0.25, -0.2) is 0 Å². The molecule has 25 heavy (non-hydrogen) atoms. The molecule has 2 nitrogen and oxygen atoms in total. The molecule has 1 amide bonds. The summed E-state index contributed by atoms with van der Waals surface area (Å²) in [6, 6.07) is 7.41. The number of anilines is 1. The van der Waals surface area contributed by atoms with Crippen molar-refractivity contribution >= 4 is 23.2 Å². The van der Waals surface area contributed by atoms with Crippen LogP contribution in [0.3, 0.4) is 0 Å². The summed E-state index contributed by atoms with van der Waals surface area (Å²) in [6.45, 7) is 0. The van der Waals surface area contributed by atoms with Gasteiger partial charge in [0.15, 0.2) is 0 Å². The average Bonchev–Trinajstić information content (AvgIpc) is 2.82. The number of carbonyl (C=O) groups is 1. The van der Waals surface area contributed by atoms with Crippen molar-refractivity contribution in [2.75, 3.05) is 5.32 Å². The van der Waals surface area contributed by atoms with Gasteiger partial charge in [-0.05, 0) is 61.5 Å². The van der Waals surface area contributed by atoms with E-state index in [0.717, 1.165) is 18.4 Å². The summed E-state index contributed by atoms with van der Waals surface area (Å²) in [7, 11) is 0. The highest BCUT2D eigenvalue weighted by atomic mass is 35.5. The fourth-order valence-corrected chi connectivity index (χ4v) is 4.92. The summed E-state index contributed by atoms with van der Waals surface area (Å²) in [5.74, 6) is 2.53.